The minimum Gasteiger partial charge on any atom is -0.399 e. The number of hydrogen-bond acceptors (Lipinski definition) is 3. The molecule has 0 aromatic heterocycles. The summed E-state index contributed by atoms with van der Waals surface area (Å²) in [5.41, 5.74) is 8.41. The van der Waals surface area contributed by atoms with E-state index in [4.69, 9.17) is 17.3 Å². The SMILES string of the molecule is Nc1ccc(S(=O)(=O)CC2Cc3ccccc32)c(Cl)c1. The number of rotatable bonds is 3. The lowest BCUT2D eigenvalue weighted by atomic mass is 9.79. The fraction of sp³-hybridized carbons (Fsp3) is 0.200. The molecule has 0 spiro atoms. The van der Waals surface area contributed by atoms with Crippen LogP contribution in [0.5, 0.6) is 0 Å². The first-order valence-corrected chi connectivity index (χ1v) is 8.36. The summed E-state index contributed by atoms with van der Waals surface area (Å²) in [6.45, 7) is 0. The molecule has 104 valence electrons. The number of benzene rings is 2. The van der Waals surface area contributed by atoms with Gasteiger partial charge >= 0.3 is 0 Å². The fourth-order valence-corrected chi connectivity index (χ4v) is 4.82. The van der Waals surface area contributed by atoms with Crippen molar-refractivity contribution in [2.24, 2.45) is 0 Å². The molecule has 2 aromatic rings. The van der Waals surface area contributed by atoms with Gasteiger partial charge in [-0.1, -0.05) is 35.9 Å². The Labute approximate surface area is 123 Å². The summed E-state index contributed by atoms with van der Waals surface area (Å²) >= 11 is 6.00. The molecule has 2 aromatic carbocycles. The van der Waals surface area contributed by atoms with Crippen LogP contribution in [0.1, 0.15) is 17.0 Å². The van der Waals surface area contributed by atoms with E-state index in [1.54, 1.807) is 6.07 Å². The van der Waals surface area contributed by atoms with Crippen molar-refractivity contribution < 1.29 is 8.42 Å². The maximum atomic E-state index is 12.5. The normalized spacial score (nSPS) is 17.4. The van der Waals surface area contributed by atoms with Gasteiger partial charge in [-0.25, -0.2) is 8.42 Å². The molecule has 1 aliphatic rings. The van der Waals surface area contributed by atoms with E-state index < -0.39 is 9.84 Å². The molecule has 0 amide bonds. The summed E-state index contributed by atoms with van der Waals surface area (Å²) in [4.78, 5) is 0.165. The summed E-state index contributed by atoms with van der Waals surface area (Å²) in [5.74, 6) is 0.151. The second-order valence-corrected chi connectivity index (χ2v) is 7.48. The van der Waals surface area contributed by atoms with Gasteiger partial charge in [-0.15, -0.1) is 0 Å². The van der Waals surface area contributed by atoms with Crippen molar-refractivity contribution in [1.82, 2.24) is 0 Å². The Kier molecular flexibility index (Phi) is 3.22. The van der Waals surface area contributed by atoms with Gasteiger partial charge in [0.05, 0.1) is 15.7 Å². The Morgan fingerprint density at radius 1 is 1.20 bits per heavy atom. The van der Waals surface area contributed by atoms with Crippen LogP contribution in [0.25, 0.3) is 0 Å². The van der Waals surface area contributed by atoms with E-state index in [2.05, 4.69) is 0 Å². The van der Waals surface area contributed by atoms with E-state index >= 15 is 0 Å². The van der Waals surface area contributed by atoms with E-state index in [-0.39, 0.29) is 21.6 Å². The van der Waals surface area contributed by atoms with Gasteiger partial charge in [0.25, 0.3) is 0 Å². The molecule has 0 fully saturated rings. The first-order valence-electron chi connectivity index (χ1n) is 6.33. The van der Waals surface area contributed by atoms with E-state index in [9.17, 15) is 8.42 Å². The van der Waals surface area contributed by atoms with Gasteiger partial charge in [0.1, 0.15) is 0 Å². The van der Waals surface area contributed by atoms with Crippen molar-refractivity contribution in [1.29, 1.82) is 0 Å². The minimum atomic E-state index is -3.40. The monoisotopic (exact) mass is 307 g/mol. The van der Waals surface area contributed by atoms with Gasteiger partial charge in [0.15, 0.2) is 9.84 Å². The van der Waals surface area contributed by atoms with Crippen LogP contribution in [0.2, 0.25) is 5.02 Å². The highest BCUT2D eigenvalue weighted by Crippen LogP contribution is 2.37. The average molecular weight is 308 g/mol. The molecule has 0 aliphatic heterocycles. The Bertz CT molecular complexity index is 771. The highest BCUT2D eigenvalue weighted by Gasteiger charge is 2.31. The predicted molar refractivity (Wildman–Crippen MR) is 80.8 cm³/mol. The molecule has 0 saturated heterocycles. The Balaban J connectivity index is 1.88. The number of fused-ring (bicyclic) bond motifs is 1. The number of halogens is 1. The first kappa shape index (κ1) is 13.5. The number of sulfone groups is 1. The lowest BCUT2D eigenvalue weighted by Gasteiger charge is -2.29. The van der Waals surface area contributed by atoms with Crippen LogP contribution in [-0.4, -0.2) is 14.2 Å². The second kappa shape index (κ2) is 4.79. The van der Waals surface area contributed by atoms with Crippen LogP contribution >= 0.6 is 11.6 Å². The second-order valence-electron chi connectivity index (χ2n) is 5.07. The van der Waals surface area contributed by atoms with Crippen molar-refractivity contribution in [3.05, 3.63) is 58.6 Å². The zero-order valence-electron chi connectivity index (χ0n) is 10.7. The molecule has 3 nitrogen and oxygen atoms in total. The topological polar surface area (TPSA) is 60.2 Å². The Hall–Kier alpha value is -1.52. The van der Waals surface area contributed by atoms with E-state index in [1.807, 2.05) is 24.3 Å². The highest BCUT2D eigenvalue weighted by molar-refractivity contribution is 7.91. The van der Waals surface area contributed by atoms with Gasteiger partial charge in [-0.3, -0.25) is 0 Å². The van der Waals surface area contributed by atoms with Crippen LogP contribution in [0.4, 0.5) is 5.69 Å². The zero-order chi connectivity index (χ0) is 14.3. The summed E-state index contributed by atoms with van der Waals surface area (Å²) < 4.78 is 24.9. The summed E-state index contributed by atoms with van der Waals surface area (Å²) in [6.07, 6.45) is 0.808. The standard InChI is InChI=1S/C15H14ClNO2S/c16-14-8-12(17)5-6-15(14)20(18,19)9-11-7-10-3-1-2-4-13(10)11/h1-6,8,11H,7,9,17H2. The van der Waals surface area contributed by atoms with E-state index in [0.29, 0.717) is 5.69 Å². The third kappa shape index (κ3) is 2.30. The highest BCUT2D eigenvalue weighted by atomic mass is 35.5. The molecule has 20 heavy (non-hydrogen) atoms. The van der Waals surface area contributed by atoms with Crippen molar-refractivity contribution in [2.75, 3.05) is 11.5 Å². The molecule has 0 bridgehead atoms. The summed E-state index contributed by atoms with van der Waals surface area (Å²) in [7, 11) is -3.40. The number of nitrogen functional groups attached to an aromatic ring is 1. The van der Waals surface area contributed by atoms with Crippen LogP contribution < -0.4 is 5.73 Å². The predicted octanol–water partition coefficient (Wildman–Crippen LogP) is 3.04. The van der Waals surface area contributed by atoms with Crippen molar-refractivity contribution in [3.8, 4) is 0 Å². The van der Waals surface area contributed by atoms with Crippen LogP contribution in [0.3, 0.4) is 0 Å². The molecular formula is C15H14ClNO2S. The van der Waals surface area contributed by atoms with Crippen LogP contribution in [-0.2, 0) is 16.3 Å². The largest absolute Gasteiger partial charge is 0.399 e. The quantitative estimate of drug-likeness (QED) is 0.887. The van der Waals surface area contributed by atoms with Gasteiger partial charge in [0.2, 0.25) is 0 Å². The molecule has 3 rings (SSSR count). The molecule has 0 radical (unpaired) electrons. The summed E-state index contributed by atoms with van der Waals surface area (Å²) in [6, 6.07) is 12.5. The number of anilines is 1. The van der Waals surface area contributed by atoms with Crippen LogP contribution in [0.15, 0.2) is 47.4 Å². The Morgan fingerprint density at radius 2 is 1.95 bits per heavy atom. The zero-order valence-corrected chi connectivity index (χ0v) is 12.3. The number of hydrogen-bond donors (Lipinski definition) is 1. The first-order chi connectivity index (χ1) is 9.47. The number of nitrogens with two attached hydrogens (primary N) is 1. The Morgan fingerprint density at radius 3 is 2.65 bits per heavy atom. The maximum Gasteiger partial charge on any atom is 0.180 e. The fourth-order valence-electron chi connectivity index (χ4n) is 2.64. The third-order valence-electron chi connectivity index (χ3n) is 3.67. The molecule has 1 atom stereocenters. The van der Waals surface area contributed by atoms with Crippen LogP contribution in [0, 0.1) is 0 Å². The third-order valence-corrected chi connectivity index (χ3v) is 5.96. The van der Waals surface area contributed by atoms with Crippen molar-refractivity contribution in [3.63, 3.8) is 0 Å². The molecule has 0 heterocycles. The lowest BCUT2D eigenvalue weighted by Crippen LogP contribution is -2.25. The summed E-state index contributed by atoms with van der Waals surface area (Å²) in [5, 5.41) is 0.192. The molecule has 1 unspecified atom stereocenters. The average Bonchev–Trinajstić information content (AvgIpc) is 2.35. The molecule has 0 saturated carbocycles. The smallest absolute Gasteiger partial charge is 0.180 e. The lowest BCUT2D eigenvalue weighted by molar-refractivity contribution is 0.577. The molecular weight excluding hydrogens is 294 g/mol. The van der Waals surface area contributed by atoms with Crippen molar-refractivity contribution in [2.45, 2.75) is 17.2 Å². The molecule has 5 heteroatoms. The maximum absolute atomic E-state index is 12.5. The van der Waals surface area contributed by atoms with Crippen molar-refractivity contribution >= 4 is 27.1 Å². The molecule has 1 aliphatic carbocycles. The van der Waals surface area contributed by atoms with E-state index in [0.717, 1.165) is 12.0 Å². The van der Waals surface area contributed by atoms with E-state index in [1.165, 1.54) is 17.7 Å². The van der Waals surface area contributed by atoms with Gasteiger partial charge in [0, 0.05) is 11.6 Å². The van der Waals surface area contributed by atoms with Gasteiger partial charge in [-0.2, -0.15) is 0 Å². The van der Waals surface area contributed by atoms with Gasteiger partial charge < -0.3 is 5.73 Å². The molecule has 2 N–H and O–H groups in total. The minimum absolute atomic E-state index is 0.0600. The van der Waals surface area contributed by atoms with Gasteiger partial charge in [-0.05, 0) is 35.7 Å².